The van der Waals surface area contributed by atoms with E-state index in [-0.39, 0.29) is 36.7 Å². The second kappa shape index (κ2) is 40.3. The van der Waals surface area contributed by atoms with Crippen molar-refractivity contribution in [1.82, 2.24) is 10.6 Å². The summed E-state index contributed by atoms with van der Waals surface area (Å²) in [6.45, 7) is 0. The fraction of sp³-hybridized carbons (Fsp3) is 0.321. The van der Waals surface area contributed by atoms with Crippen molar-refractivity contribution in [2.75, 3.05) is 107 Å². The van der Waals surface area contributed by atoms with Gasteiger partial charge in [0.1, 0.15) is 42.2 Å². The molecule has 2 aliphatic rings. The average Bonchev–Trinajstić information content (AvgIpc) is 1.61. The monoisotopic (exact) mass is 1520 g/mol. The minimum Gasteiger partial charge on any atom is -0.493 e. The molecule has 30 heteroatoms. The maximum atomic E-state index is 14.6. The van der Waals surface area contributed by atoms with Crippen LogP contribution in [0.25, 0.3) is 12.2 Å². The molecule has 0 radical (unpaired) electrons. The van der Waals surface area contributed by atoms with Crippen LogP contribution in [0.5, 0.6) is 80.5 Å². The van der Waals surface area contributed by atoms with E-state index in [1.54, 1.807) is 123 Å². The summed E-state index contributed by atoms with van der Waals surface area (Å²) in [5.41, 5.74) is 10.8. The molecule has 29 nitrogen and oxygen atoms in total. The van der Waals surface area contributed by atoms with Crippen molar-refractivity contribution >= 4 is 66.2 Å². The maximum absolute atomic E-state index is 14.6. The van der Waals surface area contributed by atoms with Crippen molar-refractivity contribution in [3.63, 3.8) is 0 Å². The van der Waals surface area contributed by atoms with Gasteiger partial charge in [-0.25, -0.2) is 14.4 Å². The second-order valence-electron chi connectivity index (χ2n) is 23.4. The molecule has 6 N–H and O–H groups in total. The van der Waals surface area contributed by atoms with Crippen LogP contribution in [0.2, 0.25) is 0 Å². The van der Waals surface area contributed by atoms with Gasteiger partial charge in [-0.1, -0.05) is 30.3 Å². The number of nitrogens with one attached hydrogen (secondary N) is 2. The van der Waals surface area contributed by atoms with Gasteiger partial charge in [-0.2, -0.15) is 0 Å². The van der Waals surface area contributed by atoms with E-state index in [0.717, 1.165) is 11.6 Å². The summed E-state index contributed by atoms with van der Waals surface area (Å²) in [6, 6.07) is 29.6. The number of halogens is 1. The zero-order valence-electron chi connectivity index (χ0n) is 62.1. The van der Waals surface area contributed by atoms with E-state index >= 15 is 0 Å². The minimum absolute atomic E-state index is 0. The summed E-state index contributed by atoms with van der Waals surface area (Å²) >= 11 is 0. The van der Waals surface area contributed by atoms with E-state index in [1.807, 2.05) is 6.07 Å². The molecular formula is C78H88ClN3O26. The van der Waals surface area contributed by atoms with Crippen molar-refractivity contribution in [3.8, 4) is 80.5 Å². The van der Waals surface area contributed by atoms with E-state index < -0.39 is 83.8 Å². The van der Waals surface area contributed by atoms with E-state index in [2.05, 4.69) is 15.4 Å². The van der Waals surface area contributed by atoms with Crippen LogP contribution < -0.4 is 82.7 Å². The Balaban J connectivity index is 0.000000317. The highest BCUT2D eigenvalue weighted by Gasteiger charge is 2.45. The third-order valence-corrected chi connectivity index (χ3v) is 17.1. The van der Waals surface area contributed by atoms with Crippen LogP contribution in [0, 0.1) is 0 Å². The van der Waals surface area contributed by atoms with Crippen LogP contribution in [-0.2, 0) is 67.0 Å². The number of ether oxygens (including phenoxy) is 17. The number of rotatable bonds is 31. The Hall–Kier alpha value is -12.2. The molecule has 9 rings (SSSR count). The number of carbonyl (C=O) groups excluding carboxylic acids is 5. The molecule has 0 saturated heterocycles. The zero-order valence-corrected chi connectivity index (χ0v) is 62.9. The molecule has 7 unspecified atom stereocenters. The molecule has 7 atom stereocenters. The van der Waals surface area contributed by atoms with Gasteiger partial charge in [0.05, 0.1) is 107 Å². The van der Waals surface area contributed by atoms with Gasteiger partial charge in [0.2, 0.25) is 11.8 Å². The first-order chi connectivity index (χ1) is 51.4. The molecule has 0 spiro atoms. The molecule has 2 amide bonds. The van der Waals surface area contributed by atoms with Crippen molar-refractivity contribution in [2.24, 2.45) is 5.73 Å². The number of methoxy groups -OCH3 is 15. The standard InChI is InChI=1S/C45H50N2O14.C21H20O8.C12H17NO4.ClH/c1-52-32-14-10-26(21-35(32)55-4)19-30(44(50)59-8)46-39(48)17-12-25-18-29-40(41(61-42(29)38(23-25)58-7)28-13-16-34(54-3)37(24-28)57-6)43(49)47-31(45(51)60-9)20-27-11-15-33(53-2)36(22-27)56-5;1-26-14-6-5-12(10-15(14)27-2)19-18(21(24)25)13-8-11(4-7-17(22)23)9-16(28-3)20(13)29-19;1-15-10-5-4-8(7-11(10)16-2)6-9(13)12(14)17-3;/h10-18,21-24,30-31,40-41H,19-20H2,1-9H3,(H,46,48)(H,47,49);4-10,18-19H,1-3H3,(H,22,23)(H,24,25);4-5,7,9H,6,13H2,1-3H3;1H/b17-12+;7-4+;;. The number of carboxylic acids is 2. The summed E-state index contributed by atoms with van der Waals surface area (Å²) in [7, 11) is 21.8. The quantitative estimate of drug-likeness (QED) is 0.0154. The summed E-state index contributed by atoms with van der Waals surface area (Å²) in [6.07, 6.45) is 3.88. The molecule has 7 aromatic carbocycles. The van der Waals surface area contributed by atoms with Crippen molar-refractivity contribution in [1.29, 1.82) is 0 Å². The van der Waals surface area contributed by atoms with Crippen LogP contribution in [0.1, 0.15) is 74.1 Å². The fourth-order valence-electron chi connectivity index (χ4n) is 11.8. The van der Waals surface area contributed by atoms with E-state index in [0.29, 0.717) is 120 Å². The second-order valence-corrected chi connectivity index (χ2v) is 23.4. The summed E-state index contributed by atoms with van der Waals surface area (Å²) in [5, 5.41) is 24.4. The Labute approximate surface area is 630 Å². The van der Waals surface area contributed by atoms with Crippen LogP contribution in [0.3, 0.4) is 0 Å². The number of aliphatic carboxylic acids is 2. The topological polar surface area (TPSA) is 367 Å². The predicted octanol–water partition coefficient (Wildman–Crippen LogP) is 9.06. The Morgan fingerprint density at radius 2 is 0.731 bits per heavy atom. The van der Waals surface area contributed by atoms with Gasteiger partial charge in [0, 0.05) is 36.1 Å². The number of esters is 3. The Bertz CT molecular complexity index is 4390. The lowest BCUT2D eigenvalue weighted by atomic mass is 9.88. The molecule has 0 aliphatic carbocycles. The molecule has 7 aromatic rings. The maximum Gasteiger partial charge on any atom is 0.328 e. The molecule has 2 aliphatic heterocycles. The number of benzene rings is 7. The Morgan fingerprint density at radius 1 is 0.398 bits per heavy atom. The van der Waals surface area contributed by atoms with E-state index in [9.17, 15) is 38.7 Å². The highest BCUT2D eigenvalue weighted by molar-refractivity contribution is 5.96. The number of hydrogen-bond acceptors (Lipinski definition) is 25. The number of hydrogen-bond donors (Lipinski definition) is 5. The van der Waals surface area contributed by atoms with Gasteiger partial charge in [0.25, 0.3) is 0 Å². The van der Waals surface area contributed by atoms with Crippen LogP contribution in [-0.4, -0.2) is 177 Å². The van der Waals surface area contributed by atoms with Crippen molar-refractivity contribution in [2.45, 2.75) is 61.4 Å². The lowest BCUT2D eigenvalue weighted by Gasteiger charge is -2.23. The lowest BCUT2D eigenvalue weighted by molar-refractivity contribution is -0.145. The average molecular weight is 1520 g/mol. The highest BCUT2D eigenvalue weighted by Crippen LogP contribution is 2.54. The van der Waals surface area contributed by atoms with E-state index in [4.69, 9.17) is 86.6 Å². The number of nitrogens with two attached hydrogens (primary N) is 1. The molecule has 108 heavy (non-hydrogen) atoms. The largest absolute Gasteiger partial charge is 0.493 e. The normalized spacial score (nSPS) is 15.0. The smallest absolute Gasteiger partial charge is 0.328 e. The summed E-state index contributed by atoms with van der Waals surface area (Å²) in [5.74, 6) is -1.02. The molecule has 0 bridgehead atoms. The fourth-order valence-corrected chi connectivity index (χ4v) is 11.8. The van der Waals surface area contributed by atoms with Gasteiger partial charge < -0.3 is 107 Å². The molecule has 2 heterocycles. The lowest BCUT2D eigenvalue weighted by Crippen LogP contribution is -2.45. The highest BCUT2D eigenvalue weighted by atomic mass is 35.5. The molecule has 0 aromatic heterocycles. The van der Waals surface area contributed by atoms with E-state index in [1.165, 1.54) is 111 Å². The van der Waals surface area contributed by atoms with Crippen molar-refractivity contribution < 1.29 is 124 Å². The molecule has 0 saturated carbocycles. The first kappa shape index (κ1) is 84.7. The number of carbonyl (C=O) groups is 7. The first-order valence-corrected chi connectivity index (χ1v) is 32.7. The van der Waals surface area contributed by atoms with Crippen LogP contribution in [0.15, 0.2) is 127 Å². The van der Waals surface area contributed by atoms with Crippen molar-refractivity contribution in [3.05, 3.63) is 177 Å². The number of amides is 2. The van der Waals surface area contributed by atoms with Gasteiger partial charge in [0.15, 0.2) is 80.5 Å². The van der Waals surface area contributed by atoms with Gasteiger partial charge in [-0.3, -0.25) is 19.2 Å². The molecule has 0 fully saturated rings. The molecule has 578 valence electrons. The Morgan fingerprint density at radius 3 is 1.09 bits per heavy atom. The number of carboxylic acid groups (broad SMARTS) is 2. The summed E-state index contributed by atoms with van der Waals surface area (Å²) in [4.78, 5) is 88.2. The van der Waals surface area contributed by atoms with Gasteiger partial charge in [-0.15, -0.1) is 12.4 Å². The molecular weight excluding hydrogens is 1430 g/mol. The zero-order chi connectivity index (χ0) is 78.2. The Kier molecular flexibility index (Phi) is 31.6. The van der Waals surface area contributed by atoms with Gasteiger partial charge >= 0.3 is 29.8 Å². The summed E-state index contributed by atoms with van der Waals surface area (Å²) < 4.78 is 91.7. The first-order valence-electron chi connectivity index (χ1n) is 32.7. The van der Waals surface area contributed by atoms with Crippen LogP contribution >= 0.6 is 12.4 Å². The van der Waals surface area contributed by atoms with Crippen LogP contribution in [0.4, 0.5) is 0 Å². The SMILES string of the molecule is COC(=O)C(Cc1ccc(OC)c(OC)c1)NC(=O)/C=C/c1cc(OC)c2c(c1)C(C(=O)NC(Cc1ccc(OC)c(OC)c1)C(=O)OC)C(c1ccc(OC)c(OC)c1)O2.COC(=O)C(N)Cc1ccc(OC)c(OC)c1.COc1ccc(C2Oc3c(OC)cc(/C=C/C(=O)O)cc3C2C(=O)O)cc1OC.Cl. The third-order valence-electron chi connectivity index (χ3n) is 17.1. The number of fused-ring (bicyclic) bond motifs is 2. The third kappa shape index (κ3) is 20.8. The minimum atomic E-state index is -1.12. The van der Waals surface area contributed by atoms with Gasteiger partial charge in [-0.05, 0) is 142 Å². The predicted molar refractivity (Wildman–Crippen MR) is 396 cm³/mol.